The van der Waals surface area contributed by atoms with Crippen LogP contribution in [0.15, 0.2) is 72.8 Å². The van der Waals surface area contributed by atoms with E-state index >= 15 is 0 Å². The Morgan fingerprint density at radius 3 is 2.35 bits per heavy atom. The Morgan fingerprint density at radius 2 is 1.68 bits per heavy atom. The van der Waals surface area contributed by atoms with Gasteiger partial charge in [-0.25, -0.2) is 4.39 Å². The van der Waals surface area contributed by atoms with Crippen LogP contribution in [-0.2, 0) is 28.3 Å². The molecule has 0 radical (unpaired) electrons. The minimum atomic E-state index is -0.731. The van der Waals surface area contributed by atoms with Crippen molar-refractivity contribution in [2.45, 2.75) is 38.6 Å². The average molecular weight is 562 g/mol. The molecule has 8 heteroatoms. The van der Waals surface area contributed by atoms with E-state index in [0.717, 1.165) is 11.1 Å². The SMILES string of the molecule is CC(C)CNC(=O)C(Cc1ccccc1)N(Cc1cccc(Cl)c1)C(=O)CSCc1c(F)cccc1Cl. The van der Waals surface area contributed by atoms with E-state index in [2.05, 4.69) is 5.32 Å². The maximum Gasteiger partial charge on any atom is 0.243 e. The van der Waals surface area contributed by atoms with E-state index in [1.165, 1.54) is 17.8 Å². The third-order valence-corrected chi connectivity index (χ3v) is 7.26. The number of nitrogens with zero attached hydrogens (tertiary/aromatic N) is 1. The number of thioether (sulfide) groups is 1. The molecule has 0 saturated carbocycles. The van der Waals surface area contributed by atoms with Crippen LogP contribution in [0.4, 0.5) is 4.39 Å². The quantitative estimate of drug-likeness (QED) is 0.265. The van der Waals surface area contributed by atoms with Crippen molar-refractivity contribution in [3.63, 3.8) is 0 Å². The highest BCUT2D eigenvalue weighted by molar-refractivity contribution is 7.99. The summed E-state index contributed by atoms with van der Waals surface area (Å²) in [6.07, 6.45) is 0.362. The average Bonchev–Trinajstić information content (AvgIpc) is 2.87. The molecule has 0 aliphatic heterocycles. The van der Waals surface area contributed by atoms with Crippen molar-refractivity contribution in [1.29, 1.82) is 0 Å². The lowest BCUT2D eigenvalue weighted by molar-refractivity contribution is -0.139. The summed E-state index contributed by atoms with van der Waals surface area (Å²) < 4.78 is 14.2. The molecule has 0 aromatic heterocycles. The normalized spacial score (nSPS) is 11.8. The van der Waals surface area contributed by atoms with Crippen LogP contribution in [0.3, 0.4) is 0 Å². The first-order valence-electron chi connectivity index (χ1n) is 12.1. The molecule has 3 rings (SSSR count). The molecule has 3 aromatic rings. The molecule has 0 saturated heterocycles. The molecule has 0 aliphatic rings. The lowest BCUT2D eigenvalue weighted by atomic mass is 10.0. The Balaban J connectivity index is 1.86. The molecule has 0 fully saturated rings. The summed E-state index contributed by atoms with van der Waals surface area (Å²) in [5.74, 6) is -0.273. The fraction of sp³-hybridized carbons (Fsp3) is 0.310. The Labute approximate surface area is 232 Å². The van der Waals surface area contributed by atoms with Gasteiger partial charge in [-0.1, -0.05) is 85.6 Å². The molecule has 1 atom stereocenters. The van der Waals surface area contributed by atoms with E-state index in [0.29, 0.717) is 28.6 Å². The first kappa shape index (κ1) is 29.0. The Bertz CT molecular complexity index is 1170. The number of carbonyl (C=O) groups excluding carboxylic acids is 2. The van der Waals surface area contributed by atoms with Gasteiger partial charge in [0, 0.05) is 40.9 Å². The van der Waals surface area contributed by atoms with Crippen LogP contribution in [0.1, 0.15) is 30.5 Å². The fourth-order valence-electron chi connectivity index (χ4n) is 3.80. The van der Waals surface area contributed by atoms with E-state index < -0.39 is 11.9 Å². The number of hydrogen-bond acceptors (Lipinski definition) is 3. The molecular formula is C29H31Cl2FN2O2S. The first-order chi connectivity index (χ1) is 17.7. The van der Waals surface area contributed by atoms with E-state index in [1.807, 2.05) is 56.3 Å². The van der Waals surface area contributed by atoms with Gasteiger partial charge in [-0.05, 0) is 41.3 Å². The Morgan fingerprint density at radius 1 is 0.973 bits per heavy atom. The molecule has 1 N–H and O–H groups in total. The molecule has 0 aliphatic carbocycles. The molecule has 2 amide bonds. The number of nitrogens with one attached hydrogen (secondary N) is 1. The van der Waals surface area contributed by atoms with Gasteiger partial charge in [-0.15, -0.1) is 11.8 Å². The molecular weight excluding hydrogens is 530 g/mol. The largest absolute Gasteiger partial charge is 0.354 e. The molecule has 37 heavy (non-hydrogen) atoms. The summed E-state index contributed by atoms with van der Waals surface area (Å²) >= 11 is 13.6. The van der Waals surface area contributed by atoms with Gasteiger partial charge in [-0.3, -0.25) is 9.59 Å². The first-order valence-corrected chi connectivity index (χ1v) is 14.0. The predicted octanol–water partition coefficient (Wildman–Crippen LogP) is 6.78. The van der Waals surface area contributed by atoms with Crippen molar-refractivity contribution < 1.29 is 14.0 Å². The van der Waals surface area contributed by atoms with Gasteiger partial charge < -0.3 is 10.2 Å². The van der Waals surface area contributed by atoms with Crippen molar-refractivity contribution in [3.05, 3.63) is 105 Å². The van der Waals surface area contributed by atoms with Gasteiger partial charge in [-0.2, -0.15) is 0 Å². The topological polar surface area (TPSA) is 49.4 Å². The standard InChI is InChI=1S/C29H31Cl2FN2O2S/c1-20(2)16-33-29(36)27(15-21-8-4-3-5-9-21)34(17-22-10-6-11-23(30)14-22)28(35)19-37-18-24-25(31)12-7-13-26(24)32/h3-14,20,27H,15-19H2,1-2H3,(H,33,36). The third kappa shape index (κ3) is 9.06. The van der Waals surface area contributed by atoms with E-state index in [-0.39, 0.29) is 35.8 Å². The zero-order valence-corrected chi connectivity index (χ0v) is 23.3. The van der Waals surface area contributed by atoms with Crippen molar-refractivity contribution in [3.8, 4) is 0 Å². The van der Waals surface area contributed by atoms with E-state index in [4.69, 9.17) is 23.2 Å². The van der Waals surface area contributed by atoms with Gasteiger partial charge in [0.05, 0.1) is 5.75 Å². The van der Waals surface area contributed by atoms with Gasteiger partial charge in [0.1, 0.15) is 11.9 Å². The molecule has 0 bridgehead atoms. The van der Waals surface area contributed by atoms with Crippen LogP contribution in [0.2, 0.25) is 10.0 Å². The maximum absolute atomic E-state index is 14.2. The van der Waals surface area contributed by atoms with Crippen molar-refractivity contribution in [2.24, 2.45) is 5.92 Å². The van der Waals surface area contributed by atoms with Gasteiger partial charge in [0.25, 0.3) is 0 Å². The summed E-state index contributed by atoms with van der Waals surface area (Å²) in [6.45, 7) is 4.76. The minimum Gasteiger partial charge on any atom is -0.354 e. The summed E-state index contributed by atoms with van der Waals surface area (Å²) in [7, 11) is 0. The highest BCUT2D eigenvalue weighted by atomic mass is 35.5. The smallest absolute Gasteiger partial charge is 0.243 e. The highest BCUT2D eigenvalue weighted by Gasteiger charge is 2.30. The minimum absolute atomic E-state index is 0.0635. The second-order valence-electron chi connectivity index (χ2n) is 9.19. The number of amides is 2. The Hall–Kier alpha value is -2.54. The van der Waals surface area contributed by atoms with Gasteiger partial charge in [0.15, 0.2) is 0 Å². The summed E-state index contributed by atoms with van der Waals surface area (Å²) in [6, 6.07) is 20.7. The van der Waals surface area contributed by atoms with E-state index in [1.54, 1.807) is 29.2 Å². The van der Waals surface area contributed by atoms with Crippen molar-refractivity contribution in [2.75, 3.05) is 12.3 Å². The van der Waals surface area contributed by atoms with Crippen LogP contribution in [0.25, 0.3) is 0 Å². The summed E-state index contributed by atoms with van der Waals surface area (Å²) in [4.78, 5) is 28.7. The molecule has 4 nitrogen and oxygen atoms in total. The second kappa shape index (κ2) is 14.4. The molecule has 0 heterocycles. The molecule has 3 aromatic carbocycles. The van der Waals surface area contributed by atoms with Crippen LogP contribution in [0, 0.1) is 11.7 Å². The zero-order chi connectivity index (χ0) is 26.8. The number of halogens is 3. The number of carbonyl (C=O) groups is 2. The number of benzene rings is 3. The summed E-state index contributed by atoms with van der Waals surface area (Å²) in [5, 5.41) is 3.88. The van der Waals surface area contributed by atoms with Gasteiger partial charge >= 0.3 is 0 Å². The predicted molar refractivity (Wildman–Crippen MR) is 151 cm³/mol. The fourth-order valence-corrected chi connectivity index (χ4v) is 5.26. The molecule has 1 unspecified atom stereocenters. The Kier molecular flexibility index (Phi) is 11.3. The van der Waals surface area contributed by atoms with Crippen LogP contribution in [0.5, 0.6) is 0 Å². The van der Waals surface area contributed by atoms with Crippen molar-refractivity contribution in [1.82, 2.24) is 10.2 Å². The number of rotatable bonds is 12. The van der Waals surface area contributed by atoms with Crippen molar-refractivity contribution >= 4 is 46.8 Å². The maximum atomic E-state index is 14.2. The van der Waals surface area contributed by atoms with E-state index in [9.17, 15) is 14.0 Å². The van der Waals surface area contributed by atoms with Crippen LogP contribution >= 0.6 is 35.0 Å². The number of hydrogen-bond donors (Lipinski definition) is 1. The van der Waals surface area contributed by atoms with Crippen LogP contribution < -0.4 is 5.32 Å². The zero-order valence-electron chi connectivity index (χ0n) is 20.9. The summed E-state index contributed by atoms with van der Waals surface area (Å²) in [5.41, 5.74) is 2.12. The lowest BCUT2D eigenvalue weighted by Crippen LogP contribution is -2.51. The lowest BCUT2D eigenvalue weighted by Gasteiger charge is -2.32. The molecule has 0 spiro atoms. The van der Waals surface area contributed by atoms with Gasteiger partial charge in [0.2, 0.25) is 11.8 Å². The highest BCUT2D eigenvalue weighted by Crippen LogP contribution is 2.25. The monoisotopic (exact) mass is 560 g/mol. The van der Waals surface area contributed by atoms with Crippen LogP contribution in [-0.4, -0.2) is 35.1 Å². The molecule has 196 valence electrons. The second-order valence-corrected chi connectivity index (χ2v) is 11.0. The third-order valence-electron chi connectivity index (χ3n) is 5.73.